The lowest BCUT2D eigenvalue weighted by Crippen LogP contribution is -2.39. The van der Waals surface area contributed by atoms with E-state index >= 15 is 0 Å². The summed E-state index contributed by atoms with van der Waals surface area (Å²) in [5.74, 6) is 0.566. The lowest BCUT2D eigenvalue weighted by atomic mass is 9.87. The number of alkyl halides is 3. The second-order valence-electron chi connectivity index (χ2n) is 11.0. The third kappa shape index (κ3) is 6.41. The van der Waals surface area contributed by atoms with Crippen molar-refractivity contribution in [3.8, 4) is 11.5 Å². The summed E-state index contributed by atoms with van der Waals surface area (Å²) in [6, 6.07) is 16.7. The Kier molecular flexibility index (Phi) is 8.03. The second kappa shape index (κ2) is 11.5. The normalized spacial score (nSPS) is 18.9. The van der Waals surface area contributed by atoms with Gasteiger partial charge in [0, 0.05) is 44.2 Å². The number of rotatable bonds is 8. The molecule has 0 saturated carbocycles. The number of hydrogen-bond donors (Lipinski definition) is 0. The summed E-state index contributed by atoms with van der Waals surface area (Å²) in [7, 11) is 0. The molecule has 2 heterocycles. The molecule has 40 heavy (non-hydrogen) atoms. The molecule has 0 aromatic heterocycles. The Labute approximate surface area is 231 Å². The lowest BCUT2D eigenvalue weighted by Gasteiger charge is -2.30. The summed E-state index contributed by atoms with van der Waals surface area (Å²) in [4.78, 5) is 17.5. The van der Waals surface area contributed by atoms with Crippen LogP contribution in [0.15, 0.2) is 66.7 Å². The van der Waals surface area contributed by atoms with Gasteiger partial charge in [-0.1, -0.05) is 38.1 Å². The average Bonchev–Trinajstić information content (AvgIpc) is 3.54. The molecule has 0 aliphatic carbocycles. The van der Waals surface area contributed by atoms with Crippen LogP contribution in [0.5, 0.6) is 11.5 Å². The fraction of sp³-hybridized carbons (Fsp3) is 0.387. The molecule has 3 aromatic rings. The molecule has 1 amide bonds. The Hall–Kier alpha value is -3.59. The maximum Gasteiger partial charge on any atom is 0.416 e. The molecule has 5 nitrogen and oxygen atoms in total. The Balaban J connectivity index is 1.42. The van der Waals surface area contributed by atoms with Crippen LogP contribution in [-0.2, 0) is 12.7 Å². The third-order valence-corrected chi connectivity index (χ3v) is 7.42. The molecule has 2 unspecified atom stereocenters. The maximum absolute atomic E-state index is 13.6. The topological polar surface area (TPSA) is 42.0 Å². The van der Waals surface area contributed by atoms with E-state index in [9.17, 15) is 22.4 Å². The van der Waals surface area contributed by atoms with Crippen molar-refractivity contribution < 1.29 is 31.8 Å². The van der Waals surface area contributed by atoms with Crippen LogP contribution < -0.4 is 9.47 Å². The highest BCUT2D eigenvalue weighted by molar-refractivity contribution is 5.94. The summed E-state index contributed by atoms with van der Waals surface area (Å²) in [6.07, 6.45) is -4.45. The lowest BCUT2D eigenvalue weighted by molar-refractivity contribution is -0.137. The van der Waals surface area contributed by atoms with Gasteiger partial charge in [0.1, 0.15) is 5.82 Å². The second-order valence-corrected chi connectivity index (χ2v) is 11.0. The fourth-order valence-corrected chi connectivity index (χ4v) is 5.63. The number of fused-ring (bicyclic) bond motifs is 1. The monoisotopic (exact) mass is 556 g/mol. The summed E-state index contributed by atoms with van der Waals surface area (Å²) in [5, 5.41) is 0. The molecule has 5 rings (SSSR count). The van der Waals surface area contributed by atoms with Crippen LogP contribution in [0.3, 0.4) is 0 Å². The first kappa shape index (κ1) is 28.0. The van der Waals surface area contributed by atoms with Crippen molar-refractivity contribution in [2.45, 2.75) is 32.5 Å². The number of hydrogen-bond acceptors (Lipinski definition) is 4. The van der Waals surface area contributed by atoms with Gasteiger partial charge in [0.2, 0.25) is 6.79 Å². The zero-order valence-electron chi connectivity index (χ0n) is 22.5. The first-order valence-electron chi connectivity index (χ1n) is 13.4. The number of carbonyl (C=O) groups is 1. The van der Waals surface area contributed by atoms with Crippen molar-refractivity contribution in [3.63, 3.8) is 0 Å². The van der Waals surface area contributed by atoms with Crippen molar-refractivity contribution in [2.24, 2.45) is 11.8 Å². The first-order chi connectivity index (χ1) is 19.1. The van der Waals surface area contributed by atoms with Crippen LogP contribution in [0.2, 0.25) is 0 Å². The maximum atomic E-state index is 13.6. The van der Waals surface area contributed by atoms with Gasteiger partial charge in [-0.3, -0.25) is 9.69 Å². The van der Waals surface area contributed by atoms with Crippen LogP contribution in [-0.4, -0.2) is 48.7 Å². The van der Waals surface area contributed by atoms with Crippen molar-refractivity contribution in [1.29, 1.82) is 0 Å². The number of nitrogens with zero attached hydrogens (tertiary/aromatic N) is 2. The van der Waals surface area contributed by atoms with E-state index in [-0.39, 0.29) is 30.5 Å². The van der Waals surface area contributed by atoms with E-state index in [0.717, 1.165) is 11.6 Å². The molecule has 2 aliphatic heterocycles. The largest absolute Gasteiger partial charge is 0.454 e. The third-order valence-electron chi connectivity index (χ3n) is 7.42. The van der Waals surface area contributed by atoms with E-state index in [0.29, 0.717) is 55.3 Å². The van der Waals surface area contributed by atoms with Gasteiger partial charge in [-0.05, 0) is 65.4 Å². The predicted octanol–water partition coefficient (Wildman–Crippen LogP) is 6.59. The molecule has 0 radical (unpaired) electrons. The van der Waals surface area contributed by atoms with Gasteiger partial charge < -0.3 is 14.4 Å². The number of likely N-dealkylation sites (tertiary alicyclic amines) is 1. The molecule has 212 valence electrons. The van der Waals surface area contributed by atoms with Crippen molar-refractivity contribution >= 4 is 5.91 Å². The smallest absolute Gasteiger partial charge is 0.416 e. The number of benzene rings is 3. The minimum Gasteiger partial charge on any atom is -0.454 e. The van der Waals surface area contributed by atoms with E-state index in [2.05, 4.69) is 4.90 Å². The highest BCUT2D eigenvalue weighted by Crippen LogP contribution is 2.39. The SMILES string of the molecule is CC(C)CN(CC1CN(Cc2ccc3c(c2)OCO3)CC1c1cccc(C(F)(F)F)c1)C(=O)c1ccc(F)cc1. The highest BCUT2D eigenvalue weighted by Gasteiger charge is 2.38. The summed E-state index contributed by atoms with van der Waals surface area (Å²) in [6.45, 7) is 6.76. The summed E-state index contributed by atoms with van der Waals surface area (Å²) in [5.41, 5.74) is 1.31. The van der Waals surface area contributed by atoms with Crippen molar-refractivity contribution in [3.05, 3.63) is 94.8 Å². The van der Waals surface area contributed by atoms with Gasteiger partial charge >= 0.3 is 6.18 Å². The molecule has 1 saturated heterocycles. The number of halogens is 4. The highest BCUT2D eigenvalue weighted by atomic mass is 19.4. The fourth-order valence-electron chi connectivity index (χ4n) is 5.63. The molecular formula is C31H32F4N2O3. The van der Waals surface area contributed by atoms with Crippen LogP contribution in [0.1, 0.15) is 46.8 Å². The standard InChI is InChI=1S/C31H32F4N2O3/c1-20(2)14-37(30(38)22-7-9-26(32)10-8-22)17-24-16-36(15-21-6-11-28-29(12-21)40-19-39-28)18-27(24)23-4-3-5-25(13-23)31(33,34)35/h3-13,20,24,27H,14-19H2,1-2H3. The minimum absolute atomic E-state index is 0.111. The zero-order valence-corrected chi connectivity index (χ0v) is 22.5. The van der Waals surface area contributed by atoms with Gasteiger partial charge in [0.25, 0.3) is 5.91 Å². The number of carbonyl (C=O) groups excluding carboxylic acids is 1. The molecule has 1 fully saturated rings. The molecule has 2 aliphatic rings. The molecule has 9 heteroatoms. The molecule has 0 bridgehead atoms. The molecule has 0 spiro atoms. The predicted molar refractivity (Wildman–Crippen MR) is 143 cm³/mol. The van der Waals surface area contributed by atoms with E-state index in [1.165, 1.54) is 36.4 Å². The van der Waals surface area contributed by atoms with Gasteiger partial charge in [-0.2, -0.15) is 13.2 Å². The van der Waals surface area contributed by atoms with Crippen molar-refractivity contribution in [1.82, 2.24) is 9.80 Å². The van der Waals surface area contributed by atoms with E-state index in [1.807, 2.05) is 32.0 Å². The number of amides is 1. The molecule has 3 aromatic carbocycles. The van der Waals surface area contributed by atoms with Crippen LogP contribution >= 0.6 is 0 Å². The van der Waals surface area contributed by atoms with Gasteiger partial charge in [-0.25, -0.2) is 4.39 Å². The van der Waals surface area contributed by atoms with E-state index < -0.39 is 17.6 Å². The van der Waals surface area contributed by atoms with Gasteiger partial charge in [0.15, 0.2) is 11.5 Å². The Morgan fingerprint density at radius 2 is 1.75 bits per heavy atom. The summed E-state index contributed by atoms with van der Waals surface area (Å²) < 4.78 is 65.2. The van der Waals surface area contributed by atoms with E-state index in [4.69, 9.17) is 9.47 Å². The average molecular weight is 557 g/mol. The van der Waals surface area contributed by atoms with Gasteiger partial charge in [0.05, 0.1) is 5.56 Å². The first-order valence-corrected chi connectivity index (χ1v) is 13.4. The Morgan fingerprint density at radius 3 is 2.48 bits per heavy atom. The minimum atomic E-state index is -4.45. The quantitative estimate of drug-likeness (QED) is 0.294. The number of ether oxygens (including phenoxy) is 2. The van der Waals surface area contributed by atoms with Gasteiger partial charge in [-0.15, -0.1) is 0 Å². The van der Waals surface area contributed by atoms with Crippen LogP contribution in [0.4, 0.5) is 17.6 Å². The van der Waals surface area contributed by atoms with E-state index in [1.54, 1.807) is 11.0 Å². The van der Waals surface area contributed by atoms with Crippen molar-refractivity contribution in [2.75, 3.05) is 33.0 Å². The Bertz CT molecular complexity index is 1340. The van der Waals surface area contributed by atoms with Crippen LogP contribution in [0, 0.1) is 17.7 Å². The molecule has 2 atom stereocenters. The molecular weight excluding hydrogens is 524 g/mol. The van der Waals surface area contributed by atoms with Crippen LogP contribution in [0.25, 0.3) is 0 Å². The molecule has 0 N–H and O–H groups in total. The zero-order chi connectivity index (χ0) is 28.4. The summed E-state index contributed by atoms with van der Waals surface area (Å²) >= 11 is 0. The Morgan fingerprint density at radius 1 is 1.00 bits per heavy atom.